The van der Waals surface area contributed by atoms with Gasteiger partial charge in [-0.05, 0) is 36.2 Å². The van der Waals surface area contributed by atoms with Crippen LogP contribution in [0.5, 0.6) is 11.5 Å². The van der Waals surface area contributed by atoms with E-state index in [-0.39, 0.29) is 0 Å². The zero-order chi connectivity index (χ0) is 19.2. The molecule has 1 unspecified atom stereocenters. The number of guanidine groups is 1. The number of hydrogen-bond donors (Lipinski definition) is 2. The molecule has 6 nitrogen and oxygen atoms in total. The summed E-state index contributed by atoms with van der Waals surface area (Å²) in [6, 6.07) is 17.1. The number of para-hydroxylation sites is 1. The molecule has 4 rings (SSSR count). The maximum absolute atomic E-state index is 5.78. The minimum Gasteiger partial charge on any atom is -0.490 e. The van der Waals surface area contributed by atoms with Crippen molar-refractivity contribution in [3.05, 3.63) is 54.1 Å². The van der Waals surface area contributed by atoms with Gasteiger partial charge < -0.3 is 25.0 Å². The van der Waals surface area contributed by atoms with Crippen LogP contribution in [0.2, 0.25) is 0 Å². The Bertz CT molecular complexity index is 809. The van der Waals surface area contributed by atoms with Crippen LogP contribution in [-0.2, 0) is 6.54 Å². The van der Waals surface area contributed by atoms with Crippen molar-refractivity contribution < 1.29 is 9.47 Å². The molecule has 1 saturated heterocycles. The van der Waals surface area contributed by atoms with E-state index >= 15 is 0 Å². The first-order chi connectivity index (χ1) is 13.8. The molecule has 0 aliphatic carbocycles. The molecule has 2 aromatic rings. The van der Waals surface area contributed by atoms with Crippen LogP contribution in [-0.4, -0.2) is 45.4 Å². The Morgan fingerprint density at radius 1 is 1.11 bits per heavy atom. The van der Waals surface area contributed by atoms with Crippen LogP contribution < -0.4 is 25.0 Å². The van der Waals surface area contributed by atoms with Gasteiger partial charge in [0.15, 0.2) is 17.5 Å². The molecule has 1 atom stereocenters. The van der Waals surface area contributed by atoms with Crippen molar-refractivity contribution in [1.82, 2.24) is 10.6 Å². The first-order valence-corrected chi connectivity index (χ1v) is 9.97. The zero-order valence-electron chi connectivity index (χ0n) is 16.4. The van der Waals surface area contributed by atoms with Gasteiger partial charge in [-0.25, -0.2) is 0 Å². The van der Waals surface area contributed by atoms with Gasteiger partial charge in [0, 0.05) is 44.8 Å². The van der Waals surface area contributed by atoms with Gasteiger partial charge in [0.05, 0.1) is 13.2 Å². The highest BCUT2D eigenvalue weighted by Gasteiger charge is 2.23. The molecular weight excluding hydrogens is 352 g/mol. The lowest BCUT2D eigenvalue weighted by atomic mass is 10.2. The summed E-state index contributed by atoms with van der Waals surface area (Å²) in [6.45, 7) is 4.14. The Hall–Kier alpha value is -2.89. The maximum Gasteiger partial charge on any atom is 0.191 e. The Labute approximate surface area is 166 Å². The first kappa shape index (κ1) is 18.5. The third-order valence-corrected chi connectivity index (χ3v) is 5.15. The van der Waals surface area contributed by atoms with Crippen LogP contribution in [0.3, 0.4) is 0 Å². The summed E-state index contributed by atoms with van der Waals surface area (Å²) in [5, 5.41) is 6.96. The molecule has 0 spiro atoms. The molecule has 0 radical (unpaired) electrons. The molecule has 1 fully saturated rings. The number of nitrogens with zero attached hydrogens (tertiary/aromatic N) is 2. The highest BCUT2D eigenvalue weighted by molar-refractivity contribution is 5.80. The molecule has 0 amide bonds. The van der Waals surface area contributed by atoms with Crippen molar-refractivity contribution >= 4 is 11.6 Å². The summed E-state index contributed by atoms with van der Waals surface area (Å²) in [6.07, 6.45) is 2.01. The van der Waals surface area contributed by atoms with Gasteiger partial charge in [0.1, 0.15) is 0 Å². The van der Waals surface area contributed by atoms with Gasteiger partial charge in [0.25, 0.3) is 0 Å². The summed E-state index contributed by atoms with van der Waals surface area (Å²) in [5.41, 5.74) is 2.42. The highest BCUT2D eigenvalue weighted by Crippen LogP contribution is 2.30. The van der Waals surface area contributed by atoms with E-state index in [1.807, 2.05) is 19.2 Å². The van der Waals surface area contributed by atoms with Crippen molar-refractivity contribution in [3.8, 4) is 11.5 Å². The van der Waals surface area contributed by atoms with E-state index in [9.17, 15) is 0 Å². The van der Waals surface area contributed by atoms with Crippen LogP contribution in [0.15, 0.2) is 53.5 Å². The number of fused-ring (bicyclic) bond motifs is 1. The van der Waals surface area contributed by atoms with Gasteiger partial charge in [-0.2, -0.15) is 0 Å². The van der Waals surface area contributed by atoms with Crippen LogP contribution in [0.1, 0.15) is 18.4 Å². The van der Waals surface area contributed by atoms with Gasteiger partial charge in [-0.15, -0.1) is 0 Å². The summed E-state index contributed by atoms with van der Waals surface area (Å²) >= 11 is 0. The van der Waals surface area contributed by atoms with E-state index in [2.05, 4.69) is 56.9 Å². The fraction of sp³-hybridized carbons (Fsp3) is 0.409. The number of anilines is 1. The molecule has 0 bridgehead atoms. The predicted octanol–water partition coefficient (Wildman–Crippen LogP) is 2.79. The van der Waals surface area contributed by atoms with E-state index in [0.717, 1.165) is 49.0 Å². The molecule has 28 heavy (non-hydrogen) atoms. The minimum atomic E-state index is 0.384. The van der Waals surface area contributed by atoms with Gasteiger partial charge in [-0.3, -0.25) is 4.99 Å². The van der Waals surface area contributed by atoms with Crippen molar-refractivity contribution in [3.63, 3.8) is 0 Å². The Morgan fingerprint density at radius 3 is 2.75 bits per heavy atom. The lowest BCUT2D eigenvalue weighted by Gasteiger charge is -2.20. The van der Waals surface area contributed by atoms with Gasteiger partial charge >= 0.3 is 0 Å². The first-order valence-electron chi connectivity index (χ1n) is 9.97. The molecule has 2 N–H and O–H groups in total. The Kier molecular flexibility index (Phi) is 5.85. The SMILES string of the molecule is CN=C(NCc1ccc2c(c1)OCCCO2)NC1CCN(c2ccccc2)C1. The molecule has 148 valence electrons. The number of rotatable bonds is 4. The van der Waals surface area contributed by atoms with Gasteiger partial charge in [0.2, 0.25) is 0 Å². The Morgan fingerprint density at radius 2 is 1.93 bits per heavy atom. The molecule has 0 saturated carbocycles. The third-order valence-electron chi connectivity index (χ3n) is 5.15. The maximum atomic E-state index is 5.78. The van der Waals surface area contributed by atoms with E-state index in [1.54, 1.807) is 0 Å². The van der Waals surface area contributed by atoms with Crippen LogP contribution in [0.4, 0.5) is 5.69 Å². The van der Waals surface area contributed by atoms with Crippen LogP contribution in [0, 0.1) is 0 Å². The second-order valence-corrected chi connectivity index (χ2v) is 7.17. The second-order valence-electron chi connectivity index (χ2n) is 7.17. The summed E-state index contributed by atoms with van der Waals surface area (Å²) in [7, 11) is 1.81. The lowest BCUT2D eigenvalue weighted by molar-refractivity contribution is 0.297. The van der Waals surface area contributed by atoms with Crippen molar-refractivity contribution in [2.24, 2.45) is 4.99 Å². The number of hydrogen-bond acceptors (Lipinski definition) is 4. The second kappa shape index (κ2) is 8.87. The van der Waals surface area contributed by atoms with Gasteiger partial charge in [-0.1, -0.05) is 24.3 Å². The molecule has 2 aliphatic rings. The van der Waals surface area contributed by atoms with Crippen LogP contribution >= 0.6 is 0 Å². The van der Waals surface area contributed by atoms with Crippen molar-refractivity contribution in [2.75, 3.05) is 38.3 Å². The molecule has 2 aliphatic heterocycles. The smallest absolute Gasteiger partial charge is 0.191 e. The molecule has 6 heteroatoms. The number of aliphatic imine (C=N–C) groups is 1. The average Bonchev–Trinajstić information content (AvgIpc) is 3.08. The highest BCUT2D eigenvalue weighted by atomic mass is 16.5. The van der Waals surface area contributed by atoms with E-state index in [0.29, 0.717) is 25.8 Å². The summed E-state index contributed by atoms with van der Waals surface area (Å²) in [5.74, 6) is 2.48. The lowest BCUT2D eigenvalue weighted by Crippen LogP contribution is -2.44. The number of benzene rings is 2. The van der Waals surface area contributed by atoms with E-state index < -0.39 is 0 Å². The number of nitrogens with one attached hydrogen (secondary N) is 2. The molecule has 2 aromatic carbocycles. The summed E-state index contributed by atoms with van der Waals surface area (Å²) in [4.78, 5) is 6.80. The minimum absolute atomic E-state index is 0.384. The van der Waals surface area contributed by atoms with Crippen LogP contribution in [0.25, 0.3) is 0 Å². The molecular formula is C22H28N4O2. The van der Waals surface area contributed by atoms with Crippen molar-refractivity contribution in [2.45, 2.75) is 25.4 Å². The fourth-order valence-electron chi connectivity index (χ4n) is 3.64. The standard InChI is InChI=1S/C22H28N4O2/c1-23-22(25-18-10-11-26(16-18)19-6-3-2-4-7-19)24-15-17-8-9-20-21(14-17)28-13-5-12-27-20/h2-4,6-9,14,18H,5,10-13,15-16H2,1H3,(H2,23,24,25). The Balaban J connectivity index is 1.30. The average molecular weight is 380 g/mol. The van der Waals surface area contributed by atoms with E-state index in [4.69, 9.17) is 9.47 Å². The topological polar surface area (TPSA) is 58.1 Å². The predicted molar refractivity (Wildman–Crippen MR) is 112 cm³/mol. The normalized spacial score (nSPS) is 19.2. The van der Waals surface area contributed by atoms with Crippen molar-refractivity contribution in [1.29, 1.82) is 0 Å². The number of ether oxygens (including phenoxy) is 2. The molecule has 2 heterocycles. The third kappa shape index (κ3) is 4.50. The fourth-order valence-corrected chi connectivity index (χ4v) is 3.64. The monoisotopic (exact) mass is 380 g/mol. The quantitative estimate of drug-likeness (QED) is 0.631. The largest absolute Gasteiger partial charge is 0.490 e. The zero-order valence-corrected chi connectivity index (χ0v) is 16.4. The molecule has 0 aromatic heterocycles. The van der Waals surface area contributed by atoms with E-state index in [1.165, 1.54) is 5.69 Å². The summed E-state index contributed by atoms with van der Waals surface area (Å²) < 4.78 is 11.5.